The molecule has 134 valence electrons. The zero-order valence-electron chi connectivity index (χ0n) is 14.1. The van der Waals surface area contributed by atoms with E-state index < -0.39 is 0 Å². The molecule has 4 rings (SSSR count). The fourth-order valence-electron chi connectivity index (χ4n) is 2.89. The SMILES string of the molecule is O=C(Nc1nc2ccccc2s1)N1CCNCC1COc1cccnc1. The summed E-state index contributed by atoms with van der Waals surface area (Å²) in [6, 6.07) is 11.3. The Kier molecular flexibility index (Phi) is 4.94. The zero-order chi connectivity index (χ0) is 17.8. The van der Waals surface area contributed by atoms with Gasteiger partial charge in [0.05, 0.1) is 22.5 Å². The number of hydrogen-bond acceptors (Lipinski definition) is 6. The molecule has 1 aromatic carbocycles. The number of piperazine rings is 1. The number of thiazole rings is 1. The van der Waals surface area contributed by atoms with Gasteiger partial charge < -0.3 is 15.0 Å². The summed E-state index contributed by atoms with van der Waals surface area (Å²) in [4.78, 5) is 23.1. The maximum atomic E-state index is 12.8. The van der Waals surface area contributed by atoms with Crippen molar-refractivity contribution in [2.24, 2.45) is 0 Å². The molecule has 1 aliphatic heterocycles. The van der Waals surface area contributed by atoms with Gasteiger partial charge >= 0.3 is 6.03 Å². The average Bonchev–Trinajstić information content (AvgIpc) is 3.09. The minimum atomic E-state index is -0.148. The predicted molar refractivity (Wildman–Crippen MR) is 102 cm³/mol. The van der Waals surface area contributed by atoms with Gasteiger partial charge in [-0.1, -0.05) is 23.5 Å². The van der Waals surface area contributed by atoms with Crippen LogP contribution < -0.4 is 15.4 Å². The van der Waals surface area contributed by atoms with Gasteiger partial charge in [-0.05, 0) is 24.3 Å². The van der Waals surface area contributed by atoms with Crippen molar-refractivity contribution in [3.8, 4) is 5.75 Å². The molecule has 2 aromatic heterocycles. The number of aromatic nitrogens is 2. The van der Waals surface area contributed by atoms with Crippen LogP contribution in [-0.4, -0.2) is 53.2 Å². The summed E-state index contributed by atoms with van der Waals surface area (Å²) >= 11 is 1.48. The van der Waals surface area contributed by atoms with Gasteiger partial charge in [0.1, 0.15) is 12.4 Å². The number of hydrogen-bond donors (Lipinski definition) is 2. The second kappa shape index (κ2) is 7.67. The van der Waals surface area contributed by atoms with Gasteiger partial charge in [-0.25, -0.2) is 9.78 Å². The lowest BCUT2D eigenvalue weighted by Crippen LogP contribution is -2.57. The molecule has 0 bridgehead atoms. The summed E-state index contributed by atoms with van der Waals surface area (Å²) < 4.78 is 6.84. The highest BCUT2D eigenvalue weighted by atomic mass is 32.1. The third-order valence-corrected chi connectivity index (χ3v) is 5.15. The number of carbonyl (C=O) groups excluding carboxylic acids is 1. The van der Waals surface area contributed by atoms with Crippen molar-refractivity contribution in [1.82, 2.24) is 20.2 Å². The minimum Gasteiger partial charge on any atom is -0.490 e. The van der Waals surface area contributed by atoms with E-state index in [-0.39, 0.29) is 12.1 Å². The van der Waals surface area contributed by atoms with Crippen LogP contribution in [0.25, 0.3) is 10.2 Å². The number of para-hydroxylation sites is 1. The van der Waals surface area contributed by atoms with Crippen molar-refractivity contribution >= 4 is 32.7 Å². The third-order valence-electron chi connectivity index (χ3n) is 4.20. The van der Waals surface area contributed by atoms with Crippen LogP contribution in [0.1, 0.15) is 0 Å². The molecule has 0 radical (unpaired) electrons. The smallest absolute Gasteiger partial charge is 0.324 e. The highest BCUT2D eigenvalue weighted by Crippen LogP contribution is 2.25. The van der Waals surface area contributed by atoms with Crippen molar-refractivity contribution < 1.29 is 9.53 Å². The molecule has 7 nitrogen and oxygen atoms in total. The van der Waals surface area contributed by atoms with Crippen molar-refractivity contribution in [3.05, 3.63) is 48.8 Å². The summed E-state index contributed by atoms with van der Waals surface area (Å²) in [5.41, 5.74) is 0.893. The molecule has 2 N–H and O–H groups in total. The quantitative estimate of drug-likeness (QED) is 0.739. The van der Waals surface area contributed by atoms with Gasteiger partial charge in [-0.15, -0.1) is 0 Å². The Labute approximate surface area is 155 Å². The van der Waals surface area contributed by atoms with E-state index in [0.29, 0.717) is 30.6 Å². The Hall–Kier alpha value is -2.71. The summed E-state index contributed by atoms with van der Waals surface area (Å²) in [5.74, 6) is 0.699. The number of carbonyl (C=O) groups is 1. The van der Waals surface area contributed by atoms with Crippen molar-refractivity contribution in [1.29, 1.82) is 0 Å². The number of nitrogens with zero attached hydrogens (tertiary/aromatic N) is 3. The normalized spacial score (nSPS) is 17.2. The molecule has 0 saturated carbocycles. The summed E-state index contributed by atoms with van der Waals surface area (Å²) in [6.45, 7) is 2.48. The number of pyridine rings is 1. The molecular formula is C18H19N5O2S. The molecular weight excluding hydrogens is 350 g/mol. The Balaban J connectivity index is 1.42. The maximum absolute atomic E-state index is 12.8. The van der Waals surface area contributed by atoms with Crippen LogP contribution in [0.3, 0.4) is 0 Å². The average molecular weight is 369 g/mol. The molecule has 1 aliphatic rings. The lowest BCUT2D eigenvalue weighted by molar-refractivity contribution is 0.133. The Bertz CT molecular complexity index is 852. The molecule has 0 aliphatic carbocycles. The van der Waals surface area contributed by atoms with Gasteiger partial charge in [-0.2, -0.15) is 0 Å². The van der Waals surface area contributed by atoms with Crippen LogP contribution in [0.2, 0.25) is 0 Å². The Morgan fingerprint density at radius 2 is 2.27 bits per heavy atom. The van der Waals surface area contributed by atoms with Crippen LogP contribution in [0, 0.1) is 0 Å². The first-order chi connectivity index (χ1) is 12.8. The molecule has 3 heterocycles. The monoisotopic (exact) mass is 369 g/mol. The predicted octanol–water partition coefficient (Wildman–Crippen LogP) is 2.58. The van der Waals surface area contributed by atoms with E-state index in [4.69, 9.17) is 4.74 Å². The first-order valence-corrected chi connectivity index (χ1v) is 9.28. The number of amides is 2. The van der Waals surface area contributed by atoms with Gasteiger partial charge in [0.2, 0.25) is 0 Å². The number of ether oxygens (including phenoxy) is 1. The molecule has 3 aromatic rings. The third kappa shape index (κ3) is 3.76. The Morgan fingerprint density at radius 3 is 3.12 bits per heavy atom. The number of anilines is 1. The van der Waals surface area contributed by atoms with Crippen molar-refractivity contribution in [3.63, 3.8) is 0 Å². The number of benzene rings is 1. The van der Waals surface area contributed by atoms with Crippen LogP contribution in [-0.2, 0) is 0 Å². The van der Waals surface area contributed by atoms with Crippen LogP contribution in [0.5, 0.6) is 5.75 Å². The fourth-order valence-corrected chi connectivity index (χ4v) is 3.75. The topological polar surface area (TPSA) is 79.4 Å². The summed E-state index contributed by atoms with van der Waals surface area (Å²) in [7, 11) is 0. The van der Waals surface area contributed by atoms with E-state index in [2.05, 4.69) is 20.6 Å². The highest BCUT2D eigenvalue weighted by Gasteiger charge is 2.27. The number of rotatable bonds is 4. The number of fused-ring (bicyclic) bond motifs is 1. The van der Waals surface area contributed by atoms with E-state index in [1.807, 2.05) is 36.4 Å². The molecule has 1 atom stereocenters. The van der Waals surface area contributed by atoms with E-state index in [1.54, 1.807) is 17.3 Å². The molecule has 26 heavy (non-hydrogen) atoms. The first kappa shape index (κ1) is 16.7. The van der Waals surface area contributed by atoms with E-state index in [9.17, 15) is 4.79 Å². The highest BCUT2D eigenvalue weighted by molar-refractivity contribution is 7.22. The molecule has 2 amide bonds. The Morgan fingerprint density at radius 1 is 1.35 bits per heavy atom. The van der Waals surface area contributed by atoms with Crippen molar-refractivity contribution in [2.75, 3.05) is 31.6 Å². The van der Waals surface area contributed by atoms with Crippen LogP contribution in [0.15, 0.2) is 48.8 Å². The van der Waals surface area contributed by atoms with Gasteiger partial charge in [0, 0.05) is 25.8 Å². The summed E-state index contributed by atoms with van der Waals surface area (Å²) in [5, 5.41) is 6.85. The number of nitrogens with one attached hydrogen (secondary N) is 2. The van der Waals surface area contributed by atoms with Crippen molar-refractivity contribution in [2.45, 2.75) is 6.04 Å². The molecule has 1 fully saturated rings. The molecule has 8 heteroatoms. The molecule has 1 saturated heterocycles. The lowest BCUT2D eigenvalue weighted by Gasteiger charge is -2.35. The zero-order valence-corrected chi connectivity index (χ0v) is 14.9. The van der Waals surface area contributed by atoms with E-state index in [0.717, 1.165) is 16.8 Å². The maximum Gasteiger partial charge on any atom is 0.324 e. The second-order valence-corrected chi connectivity index (χ2v) is 7.00. The van der Waals surface area contributed by atoms with Crippen LogP contribution >= 0.6 is 11.3 Å². The molecule has 0 spiro atoms. The summed E-state index contributed by atoms with van der Waals surface area (Å²) in [6.07, 6.45) is 3.37. The molecule has 1 unspecified atom stereocenters. The van der Waals surface area contributed by atoms with E-state index >= 15 is 0 Å². The fraction of sp³-hybridized carbons (Fsp3) is 0.278. The van der Waals surface area contributed by atoms with E-state index in [1.165, 1.54) is 11.3 Å². The number of urea groups is 1. The second-order valence-electron chi connectivity index (χ2n) is 5.97. The standard InChI is InChI=1S/C18H19N5O2S/c24-18(22-17-21-15-5-1-2-6-16(15)26-17)23-9-8-20-10-13(23)12-25-14-4-3-7-19-11-14/h1-7,11,13,20H,8-10,12H2,(H,21,22,24). The largest absolute Gasteiger partial charge is 0.490 e. The van der Waals surface area contributed by atoms with Gasteiger partial charge in [-0.3, -0.25) is 10.3 Å². The van der Waals surface area contributed by atoms with Crippen LogP contribution in [0.4, 0.5) is 9.93 Å². The van der Waals surface area contributed by atoms with Gasteiger partial charge in [0.25, 0.3) is 0 Å². The van der Waals surface area contributed by atoms with Gasteiger partial charge in [0.15, 0.2) is 5.13 Å². The minimum absolute atomic E-state index is 0.0571. The lowest BCUT2D eigenvalue weighted by atomic mass is 10.2. The first-order valence-electron chi connectivity index (χ1n) is 8.46.